The molecule has 3 aromatic rings. The second-order valence-electron chi connectivity index (χ2n) is 9.03. The van der Waals surface area contributed by atoms with Crippen LogP contribution in [0.3, 0.4) is 0 Å². The lowest BCUT2D eigenvalue weighted by Gasteiger charge is -2.30. The molecule has 1 aromatic heterocycles. The van der Waals surface area contributed by atoms with Gasteiger partial charge in [0.15, 0.2) is 0 Å². The number of carbonyl (C=O) groups excluding carboxylic acids is 3. The van der Waals surface area contributed by atoms with Gasteiger partial charge in [-0.1, -0.05) is 12.1 Å². The van der Waals surface area contributed by atoms with Crippen molar-refractivity contribution in [2.75, 3.05) is 33.4 Å². The lowest BCUT2D eigenvalue weighted by atomic mass is 10.0. The van der Waals surface area contributed by atoms with Crippen LogP contribution in [-0.4, -0.2) is 82.4 Å². The average molecular weight is 555 g/mol. The van der Waals surface area contributed by atoms with Gasteiger partial charge in [-0.15, -0.1) is 10.2 Å². The van der Waals surface area contributed by atoms with Crippen molar-refractivity contribution in [3.63, 3.8) is 0 Å². The highest BCUT2D eigenvalue weighted by molar-refractivity contribution is 5.90. The fraction of sp³-hybridized carbons (Fsp3) is 0.407. The van der Waals surface area contributed by atoms with Crippen molar-refractivity contribution in [1.82, 2.24) is 30.4 Å². The first-order valence-corrected chi connectivity index (χ1v) is 12.9. The van der Waals surface area contributed by atoms with Crippen LogP contribution in [0, 0.1) is 5.82 Å². The Balaban J connectivity index is 1.59. The van der Waals surface area contributed by atoms with Crippen LogP contribution in [0.2, 0.25) is 0 Å². The van der Waals surface area contributed by atoms with Crippen molar-refractivity contribution >= 4 is 17.8 Å². The molecule has 13 heteroatoms. The summed E-state index contributed by atoms with van der Waals surface area (Å²) in [6, 6.07) is 10.9. The molecule has 0 aliphatic carbocycles. The van der Waals surface area contributed by atoms with Crippen molar-refractivity contribution in [3.8, 4) is 17.1 Å². The Bertz CT molecular complexity index is 1290. The van der Waals surface area contributed by atoms with Gasteiger partial charge in [-0.2, -0.15) is 4.80 Å². The smallest absolute Gasteiger partial charge is 0.325 e. The number of amides is 2. The maximum atomic E-state index is 13.7. The molecule has 0 saturated carbocycles. The van der Waals surface area contributed by atoms with Crippen molar-refractivity contribution in [2.24, 2.45) is 0 Å². The summed E-state index contributed by atoms with van der Waals surface area (Å²) in [7, 11) is 1.55. The lowest BCUT2D eigenvalue weighted by Crippen LogP contribution is -2.48. The number of ether oxygens (including phenoxy) is 3. The van der Waals surface area contributed by atoms with E-state index in [1.807, 2.05) is 0 Å². The molecule has 2 amide bonds. The Kier molecular flexibility index (Phi) is 9.73. The molecule has 0 spiro atoms. The predicted octanol–water partition coefficient (Wildman–Crippen LogP) is 1.92. The van der Waals surface area contributed by atoms with E-state index in [-0.39, 0.29) is 25.1 Å². The molecule has 40 heavy (non-hydrogen) atoms. The van der Waals surface area contributed by atoms with Gasteiger partial charge >= 0.3 is 5.97 Å². The number of nitrogens with zero attached hydrogens (tertiary/aromatic N) is 5. The van der Waals surface area contributed by atoms with Crippen LogP contribution in [-0.2, 0) is 30.4 Å². The van der Waals surface area contributed by atoms with Gasteiger partial charge < -0.3 is 24.4 Å². The molecular weight excluding hydrogens is 523 g/mol. The number of rotatable bonds is 12. The molecule has 1 aliphatic rings. The minimum atomic E-state index is -1.26. The third-order valence-electron chi connectivity index (χ3n) is 6.28. The third-order valence-corrected chi connectivity index (χ3v) is 6.28. The van der Waals surface area contributed by atoms with E-state index in [1.165, 1.54) is 24.3 Å². The van der Waals surface area contributed by atoms with Crippen LogP contribution < -0.4 is 10.1 Å². The number of benzene rings is 2. The molecule has 1 fully saturated rings. The molecule has 0 bridgehead atoms. The Hall–Kier alpha value is -4.39. The van der Waals surface area contributed by atoms with Gasteiger partial charge in [-0.3, -0.25) is 14.4 Å². The van der Waals surface area contributed by atoms with Crippen molar-refractivity contribution in [2.45, 2.75) is 38.5 Å². The van der Waals surface area contributed by atoms with E-state index >= 15 is 0 Å². The Labute approximate surface area is 230 Å². The fourth-order valence-corrected chi connectivity index (χ4v) is 4.28. The maximum absolute atomic E-state index is 13.7. The van der Waals surface area contributed by atoms with Gasteiger partial charge in [0.25, 0.3) is 0 Å². The second-order valence-corrected chi connectivity index (χ2v) is 9.03. The molecule has 1 saturated heterocycles. The lowest BCUT2D eigenvalue weighted by molar-refractivity contribution is -0.153. The van der Waals surface area contributed by atoms with Gasteiger partial charge in [0, 0.05) is 18.7 Å². The SMILES string of the molecule is CCOC(=O)CN(C(=O)Cn1nnc(-c2ccc(OC)cc2)n1)[C@H](C(=O)NC[C@H]1CCCO1)c1ccc(F)cc1. The number of hydrogen-bond acceptors (Lipinski definition) is 9. The van der Waals surface area contributed by atoms with Crippen molar-refractivity contribution in [1.29, 1.82) is 0 Å². The minimum absolute atomic E-state index is 0.0865. The summed E-state index contributed by atoms with van der Waals surface area (Å²) in [6.45, 7) is 1.62. The number of nitrogens with one attached hydrogen (secondary N) is 1. The minimum Gasteiger partial charge on any atom is -0.497 e. The molecular formula is C27H31FN6O6. The number of tetrazole rings is 1. The fourth-order valence-electron chi connectivity index (χ4n) is 4.28. The number of halogens is 1. The van der Waals surface area contributed by atoms with Crippen molar-refractivity contribution in [3.05, 3.63) is 59.9 Å². The summed E-state index contributed by atoms with van der Waals surface area (Å²) < 4.78 is 29.6. The molecule has 12 nitrogen and oxygen atoms in total. The Morgan fingerprint density at radius 1 is 1.18 bits per heavy atom. The average Bonchev–Trinajstić information content (AvgIpc) is 3.65. The zero-order chi connectivity index (χ0) is 28.5. The number of esters is 1. The molecule has 2 aromatic carbocycles. The molecule has 4 rings (SSSR count). The second kappa shape index (κ2) is 13.6. The van der Waals surface area contributed by atoms with Crippen LogP contribution in [0.15, 0.2) is 48.5 Å². The van der Waals surface area contributed by atoms with Crippen LogP contribution in [0.4, 0.5) is 4.39 Å². The molecule has 0 unspecified atom stereocenters. The zero-order valence-corrected chi connectivity index (χ0v) is 22.3. The summed E-state index contributed by atoms with van der Waals surface area (Å²) in [5, 5.41) is 15.1. The highest BCUT2D eigenvalue weighted by Crippen LogP contribution is 2.24. The number of carbonyl (C=O) groups is 3. The first kappa shape index (κ1) is 28.6. The molecule has 212 valence electrons. The quantitative estimate of drug-likeness (QED) is 0.333. The third kappa shape index (κ3) is 7.38. The molecule has 2 heterocycles. The number of aromatic nitrogens is 4. The first-order valence-electron chi connectivity index (χ1n) is 12.9. The number of hydrogen-bond donors (Lipinski definition) is 1. The van der Waals surface area contributed by atoms with E-state index < -0.39 is 42.7 Å². The summed E-state index contributed by atoms with van der Waals surface area (Å²) in [4.78, 5) is 41.8. The van der Waals surface area contributed by atoms with Gasteiger partial charge in [0.05, 0.1) is 19.8 Å². The highest BCUT2D eigenvalue weighted by atomic mass is 19.1. The van der Waals surface area contributed by atoms with E-state index in [1.54, 1.807) is 38.3 Å². The van der Waals surface area contributed by atoms with Gasteiger partial charge in [-0.05, 0) is 66.9 Å². The monoisotopic (exact) mass is 554 g/mol. The maximum Gasteiger partial charge on any atom is 0.325 e. The zero-order valence-electron chi connectivity index (χ0n) is 22.3. The Morgan fingerprint density at radius 3 is 2.58 bits per heavy atom. The van der Waals surface area contributed by atoms with E-state index in [0.717, 1.165) is 22.5 Å². The first-order chi connectivity index (χ1) is 19.4. The van der Waals surface area contributed by atoms with Crippen LogP contribution in [0.5, 0.6) is 5.75 Å². The highest BCUT2D eigenvalue weighted by Gasteiger charge is 2.34. The molecule has 1 N–H and O–H groups in total. The standard InChI is InChI=1S/C27H31FN6O6/c1-3-39-24(36)17-33(23(35)16-34-31-26(30-32-34)19-8-12-21(38-2)13-9-19)25(18-6-10-20(28)11-7-18)27(37)29-15-22-5-4-14-40-22/h6-13,22,25H,3-5,14-17H2,1-2H3,(H,29,37)/t22-,25+/m1/s1. The van der Waals surface area contributed by atoms with Gasteiger partial charge in [-0.25, -0.2) is 4.39 Å². The van der Waals surface area contributed by atoms with E-state index in [9.17, 15) is 18.8 Å². The molecule has 2 atom stereocenters. The van der Waals surface area contributed by atoms with Crippen molar-refractivity contribution < 1.29 is 33.0 Å². The normalized spacial score (nSPS) is 15.3. The summed E-state index contributed by atoms with van der Waals surface area (Å²) >= 11 is 0. The van der Waals surface area contributed by atoms with Gasteiger partial charge in [0.1, 0.15) is 30.7 Å². The Morgan fingerprint density at radius 2 is 1.93 bits per heavy atom. The van der Waals surface area contributed by atoms with E-state index in [2.05, 4.69) is 20.7 Å². The summed E-state index contributed by atoms with van der Waals surface area (Å²) in [5.74, 6) is -1.48. The topological polar surface area (TPSA) is 138 Å². The largest absolute Gasteiger partial charge is 0.497 e. The van der Waals surface area contributed by atoms with E-state index in [0.29, 0.717) is 23.5 Å². The predicted molar refractivity (Wildman–Crippen MR) is 139 cm³/mol. The summed E-state index contributed by atoms with van der Waals surface area (Å²) in [6.07, 6.45) is 1.53. The molecule has 0 radical (unpaired) electrons. The molecule has 1 aliphatic heterocycles. The van der Waals surface area contributed by atoms with Gasteiger partial charge in [0.2, 0.25) is 17.6 Å². The van der Waals surface area contributed by atoms with Crippen LogP contribution >= 0.6 is 0 Å². The van der Waals surface area contributed by atoms with Crippen LogP contribution in [0.1, 0.15) is 31.4 Å². The van der Waals surface area contributed by atoms with E-state index in [4.69, 9.17) is 14.2 Å². The number of methoxy groups -OCH3 is 1. The summed E-state index contributed by atoms with van der Waals surface area (Å²) in [5.41, 5.74) is 0.968. The van der Waals surface area contributed by atoms with Crippen LogP contribution in [0.25, 0.3) is 11.4 Å².